The number of rotatable bonds is 9. The van der Waals surface area contributed by atoms with Crippen LogP contribution in [0, 0.1) is 5.92 Å². The van der Waals surface area contributed by atoms with Gasteiger partial charge in [0, 0.05) is 36.5 Å². The zero-order valence-electron chi connectivity index (χ0n) is 21.3. The van der Waals surface area contributed by atoms with Crippen LogP contribution in [0.5, 0.6) is 11.5 Å². The third-order valence-corrected chi connectivity index (χ3v) is 7.42. The Hall–Kier alpha value is -3.07. The van der Waals surface area contributed by atoms with E-state index in [2.05, 4.69) is 32.6 Å². The number of carbonyl (C=O) groups is 1. The Labute approximate surface area is 220 Å². The minimum Gasteiger partial charge on any atom is -0.493 e. The van der Waals surface area contributed by atoms with E-state index >= 15 is 0 Å². The molecule has 0 radical (unpaired) electrons. The topological polar surface area (TPSA) is 88.6 Å². The fourth-order valence-electron chi connectivity index (χ4n) is 4.68. The van der Waals surface area contributed by atoms with Gasteiger partial charge in [-0.05, 0) is 61.4 Å². The van der Waals surface area contributed by atoms with Crippen molar-refractivity contribution in [3.8, 4) is 11.5 Å². The third kappa shape index (κ3) is 6.19. The van der Waals surface area contributed by atoms with Gasteiger partial charge in [0.25, 0.3) is 0 Å². The number of para-hydroxylation sites is 1. The summed E-state index contributed by atoms with van der Waals surface area (Å²) in [4.78, 5) is 24.2. The number of hydrogen-bond donors (Lipinski definition) is 2. The molecule has 1 heterocycles. The summed E-state index contributed by atoms with van der Waals surface area (Å²) in [6.07, 6.45) is 4.42. The maximum Gasteiger partial charge on any atom is 0.225 e. The summed E-state index contributed by atoms with van der Waals surface area (Å²) < 4.78 is 11.5. The molecule has 0 atom stereocenters. The number of benzene rings is 2. The first kappa shape index (κ1) is 26.0. The van der Waals surface area contributed by atoms with Crippen LogP contribution in [0.25, 0.3) is 10.9 Å². The molecule has 1 aliphatic rings. The third-order valence-electron chi connectivity index (χ3n) is 6.68. The fourth-order valence-corrected chi connectivity index (χ4v) is 5.15. The second kappa shape index (κ2) is 11.8. The molecule has 0 spiro atoms. The minimum atomic E-state index is 0.00365. The first-order valence-corrected chi connectivity index (χ1v) is 13.0. The number of nitrogens with one attached hydrogen (secondary N) is 2. The number of fused-ring (bicyclic) bond motifs is 1. The molecule has 0 unspecified atom stereocenters. The van der Waals surface area contributed by atoms with Crippen LogP contribution in [-0.2, 0) is 11.2 Å². The molecule has 1 aromatic heterocycles. The molecular formula is C27H34BrN5O3. The molecule has 36 heavy (non-hydrogen) atoms. The van der Waals surface area contributed by atoms with Crippen molar-refractivity contribution in [2.45, 2.75) is 38.1 Å². The summed E-state index contributed by atoms with van der Waals surface area (Å²) in [5.41, 5.74) is 1.81. The van der Waals surface area contributed by atoms with Crippen molar-refractivity contribution in [1.29, 1.82) is 0 Å². The van der Waals surface area contributed by atoms with E-state index in [9.17, 15) is 4.79 Å². The van der Waals surface area contributed by atoms with Gasteiger partial charge in [-0.2, -0.15) is 4.98 Å². The van der Waals surface area contributed by atoms with Crippen molar-refractivity contribution in [3.63, 3.8) is 0 Å². The molecule has 1 aliphatic carbocycles. The maximum atomic E-state index is 12.6. The number of nitrogens with zero attached hydrogens (tertiary/aromatic N) is 3. The van der Waals surface area contributed by atoms with Crippen LogP contribution in [0.3, 0.4) is 0 Å². The first-order chi connectivity index (χ1) is 17.4. The second-order valence-corrected chi connectivity index (χ2v) is 10.3. The molecule has 0 saturated heterocycles. The highest BCUT2D eigenvalue weighted by molar-refractivity contribution is 9.10. The second-order valence-electron chi connectivity index (χ2n) is 9.42. The molecule has 8 nitrogen and oxygen atoms in total. The molecule has 4 rings (SSSR count). The highest BCUT2D eigenvalue weighted by Gasteiger charge is 2.23. The summed E-state index contributed by atoms with van der Waals surface area (Å²) in [5.74, 6) is 3.31. The Morgan fingerprint density at radius 2 is 1.75 bits per heavy atom. The Morgan fingerprint density at radius 3 is 2.44 bits per heavy atom. The Kier molecular flexibility index (Phi) is 8.51. The van der Waals surface area contributed by atoms with Gasteiger partial charge in [-0.25, -0.2) is 4.98 Å². The lowest BCUT2D eigenvalue weighted by molar-refractivity contribution is -0.120. The summed E-state index contributed by atoms with van der Waals surface area (Å²) in [6.45, 7) is 0.688. The number of methoxy groups -OCH3 is 2. The molecule has 0 bridgehead atoms. The number of hydrogen-bond acceptors (Lipinski definition) is 7. The molecule has 1 amide bonds. The van der Waals surface area contributed by atoms with E-state index < -0.39 is 0 Å². The normalized spacial score (nSPS) is 17.5. The van der Waals surface area contributed by atoms with Crippen molar-refractivity contribution < 1.29 is 14.3 Å². The summed E-state index contributed by atoms with van der Waals surface area (Å²) in [6, 6.07) is 12.1. The number of amides is 1. The monoisotopic (exact) mass is 555 g/mol. The SMILES string of the molecule is COc1cc(Br)c(CC(=O)NC[C@H]2CC[C@@H](Nc3nc(N(C)C)c4ccccc4n3)CC2)cc1OC. The van der Waals surface area contributed by atoms with E-state index in [1.165, 1.54) is 0 Å². The van der Waals surface area contributed by atoms with E-state index in [1.807, 2.05) is 49.3 Å². The van der Waals surface area contributed by atoms with Gasteiger partial charge in [0.2, 0.25) is 11.9 Å². The number of aromatic nitrogens is 2. The van der Waals surface area contributed by atoms with Gasteiger partial charge in [-0.1, -0.05) is 28.1 Å². The zero-order chi connectivity index (χ0) is 25.7. The highest BCUT2D eigenvalue weighted by Crippen LogP contribution is 2.33. The Bertz CT molecular complexity index is 1210. The quantitative estimate of drug-likeness (QED) is 0.391. The number of carbonyl (C=O) groups excluding carboxylic acids is 1. The first-order valence-electron chi connectivity index (χ1n) is 12.3. The predicted molar refractivity (Wildman–Crippen MR) is 147 cm³/mol. The molecule has 0 aliphatic heterocycles. The molecule has 2 aromatic carbocycles. The van der Waals surface area contributed by atoms with Crippen molar-refractivity contribution in [2.24, 2.45) is 5.92 Å². The molecule has 9 heteroatoms. The lowest BCUT2D eigenvalue weighted by Gasteiger charge is -2.29. The van der Waals surface area contributed by atoms with E-state index in [-0.39, 0.29) is 12.3 Å². The molecule has 1 saturated carbocycles. The molecular weight excluding hydrogens is 522 g/mol. The van der Waals surface area contributed by atoms with Crippen LogP contribution >= 0.6 is 15.9 Å². The average molecular weight is 557 g/mol. The standard InChI is InChI=1S/C27H34BrN5O3/c1-33(2)26-20-7-5-6-8-22(20)31-27(32-26)30-19-11-9-17(10-12-19)16-29-25(34)14-18-13-23(35-3)24(36-4)15-21(18)28/h5-8,13,15,17,19H,9-12,14,16H2,1-4H3,(H,29,34)(H,30,31,32)/t17-,19+. The zero-order valence-corrected chi connectivity index (χ0v) is 22.9. The van der Waals surface area contributed by atoms with Gasteiger partial charge in [0.05, 0.1) is 26.2 Å². The number of halogens is 1. The van der Waals surface area contributed by atoms with Crippen molar-refractivity contribution >= 4 is 44.5 Å². The average Bonchev–Trinajstić information content (AvgIpc) is 2.88. The van der Waals surface area contributed by atoms with E-state index in [4.69, 9.17) is 19.4 Å². The van der Waals surface area contributed by atoms with Crippen LogP contribution in [0.4, 0.5) is 11.8 Å². The Morgan fingerprint density at radius 1 is 1.06 bits per heavy atom. The van der Waals surface area contributed by atoms with Gasteiger partial charge < -0.3 is 25.0 Å². The van der Waals surface area contributed by atoms with Gasteiger partial charge >= 0.3 is 0 Å². The minimum absolute atomic E-state index is 0.00365. The number of anilines is 2. The van der Waals surface area contributed by atoms with Crippen LogP contribution in [0.15, 0.2) is 40.9 Å². The van der Waals surface area contributed by atoms with Crippen molar-refractivity contribution in [2.75, 3.05) is 45.1 Å². The molecule has 2 N–H and O–H groups in total. The maximum absolute atomic E-state index is 12.6. The van der Waals surface area contributed by atoms with Crippen LogP contribution in [-0.4, -0.2) is 56.8 Å². The van der Waals surface area contributed by atoms with E-state index in [0.717, 1.165) is 52.4 Å². The molecule has 3 aromatic rings. The highest BCUT2D eigenvalue weighted by atomic mass is 79.9. The van der Waals surface area contributed by atoms with Crippen molar-refractivity contribution in [1.82, 2.24) is 15.3 Å². The summed E-state index contributed by atoms with van der Waals surface area (Å²) in [5, 5.41) is 7.71. The van der Waals surface area contributed by atoms with Crippen molar-refractivity contribution in [3.05, 3.63) is 46.4 Å². The smallest absolute Gasteiger partial charge is 0.225 e. The van der Waals surface area contributed by atoms with Crippen LogP contribution in [0.1, 0.15) is 31.2 Å². The van der Waals surface area contributed by atoms with Gasteiger partial charge in [0.15, 0.2) is 11.5 Å². The summed E-state index contributed by atoms with van der Waals surface area (Å²) in [7, 11) is 7.19. The largest absolute Gasteiger partial charge is 0.493 e. The predicted octanol–water partition coefficient (Wildman–Crippen LogP) is 4.81. The van der Waals surface area contributed by atoms with Crippen LogP contribution < -0.4 is 25.0 Å². The molecule has 1 fully saturated rings. The summed E-state index contributed by atoms with van der Waals surface area (Å²) >= 11 is 3.53. The van der Waals surface area contributed by atoms with Gasteiger partial charge in [-0.15, -0.1) is 0 Å². The lowest BCUT2D eigenvalue weighted by Crippen LogP contribution is -2.35. The van der Waals surface area contributed by atoms with Gasteiger partial charge in [-0.3, -0.25) is 4.79 Å². The fraction of sp³-hybridized carbons (Fsp3) is 0.444. The Balaban J connectivity index is 1.28. The van der Waals surface area contributed by atoms with Gasteiger partial charge in [0.1, 0.15) is 5.82 Å². The van der Waals surface area contributed by atoms with E-state index in [0.29, 0.717) is 36.0 Å². The number of ether oxygens (including phenoxy) is 2. The van der Waals surface area contributed by atoms with E-state index in [1.54, 1.807) is 14.2 Å². The van der Waals surface area contributed by atoms with Crippen LogP contribution in [0.2, 0.25) is 0 Å². The molecule has 192 valence electrons. The lowest BCUT2D eigenvalue weighted by atomic mass is 9.86.